The van der Waals surface area contributed by atoms with Gasteiger partial charge in [-0.05, 0) is 61.1 Å². The summed E-state index contributed by atoms with van der Waals surface area (Å²) in [6, 6.07) is 16.7. The second-order valence-electron chi connectivity index (χ2n) is 5.50. The highest BCUT2D eigenvalue weighted by atomic mass is 16.5. The number of benzene rings is 2. The van der Waals surface area contributed by atoms with Gasteiger partial charge in [-0.25, -0.2) is 0 Å². The molecule has 2 aromatic rings. The molecule has 0 amide bonds. The summed E-state index contributed by atoms with van der Waals surface area (Å²) >= 11 is 0. The largest absolute Gasteiger partial charge is 0.465 e. The third kappa shape index (κ3) is 4.49. The van der Waals surface area contributed by atoms with Crippen molar-refractivity contribution in [2.75, 3.05) is 0 Å². The standard InChI is InChI=1S/C20H24O/c1-4-5-11-18(20-13-7-6-10-17(20)3)15-21-19-12-8-9-16(2)14-19/h6-10,12-15H,4-5,11H2,1-3H3/b18-15+. The average molecular weight is 280 g/mol. The van der Waals surface area contributed by atoms with Gasteiger partial charge >= 0.3 is 0 Å². The second-order valence-corrected chi connectivity index (χ2v) is 5.50. The minimum absolute atomic E-state index is 0.901. The van der Waals surface area contributed by atoms with Gasteiger partial charge in [0.2, 0.25) is 0 Å². The summed E-state index contributed by atoms with van der Waals surface area (Å²) in [5, 5.41) is 0. The van der Waals surface area contributed by atoms with Gasteiger partial charge in [0.25, 0.3) is 0 Å². The molecule has 0 aliphatic heterocycles. The molecule has 2 rings (SSSR count). The SMILES string of the molecule is CCCC/C(=C\Oc1cccc(C)c1)c1ccccc1C. The summed E-state index contributed by atoms with van der Waals surface area (Å²) in [5.41, 5.74) is 5.08. The first kappa shape index (κ1) is 15.4. The van der Waals surface area contributed by atoms with Crippen LogP contribution in [0.25, 0.3) is 5.57 Å². The number of allylic oxidation sites excluding steroid dienone is 1. The van der Waals surface area contributed by atoms with Crippen LogP contribution in [0.3, 0.4) is 0 Å². The number of ether oxygens (including phenoxy) is 1. The van der Waals surface area contributed by atoms with Crippen LogP contribution in [-0.4, -0.2) is 0 Å². The molecule has 0 saturated carbocycles. The number of hydrogen-bond acceptors (Lipinski definition) is 1. The molecule has 0 heterocycles. The monoisotopic (exact) mass is 280 g/mol. The minimum atomic E-state index is 0.901. The summed E-state index contributed by atoms with van der Waals surface area (Å²) in [6.45, 7) is 6.45. The van der Waals surface area contributed by atoms with Crippen LogP contribution in [0, 0.1) is 13.8 Å². The van der Waals surface area contributed by atoms with E-state index in [2.05, 4.69) is 57.2 Å². The predicted molar refractivity (Wildman–Crippen MR) is 90.5 cm³/mol. The fourth-order valence-corrected chi connectivity index (χ4v) is 2.39. The third-order valence-corrected chi connectivity index (χ3v) is 3.62. The fraction of sp³-hybridized carbons (Fsp3) is 0.300. The van der Waals surface area contributed by atoms with Gasteiger partial charge in [0.1, 0.15) is 5.75 Å². The maximum Gasteiger partial charge on any atom is 0.126 e. The van der Waals surface area contributed by atoms with Crippen LogP contribution < -0.4 is 4.74 Å². The van der Waals surface area contributed by atoms with Gasteiger partial charge in [-0.1, -0.05) is 49.7 Å². The van der Waals surface area contributed by atoms with Crippen LogP contribution >= 0.6 is 0 Å². The van der Waals surface area contributed by atoms with Crippen LogP contribution in [0.1, 0.15) is 42.9 Å². The molecule has 0 aliphatic rings. The molecule has 1 nitrogen and oxygen atoms in total. The average Bonchev–Trinajstić information content (AvgIpc) is 2.48. The Labute approximate surface area is 128 Å². The Hall–Kier alpha value is -2.02. The number of rotatable bonds is 6. The van der Waals surface area contributed by atoms with Gasteiger partial charge in [0.15, 0.2) is 0 Å². The molecule has 2 aromatic carbocycles. The summed E-state index contributed by atoms with van der Waals surface area (Å²) in [7, 11) is 0. The maximum atomic E-state index is 5.89. The molecule has 0 bridgehead atoms. The lowest BCUT2D eigenvalue weighted by molar-refractivity contribution is 0.481. The van der Waals surface area contributed by atoms with Crippen LogP contribution in [0.2, 0.25) is 0 Å². The molecular formula is C20H24O. The molecule has 0 spiro atoms. The molecular weight excluding hydrogens is 256 g/mol. The second kappa shape index (κ2) is 7.68. The molecule has 0 unspecified atom stereocenters. The lowest BCUT2D eigenvalue weighted by Crippen LogP contribution is -1.93. The van der Waals surface area contributed by atoms with E-state index in [9.17, 15) is 0 Å². The maximum absolute atomic E-state index is 5.89. The van der Waals surface area contributed by atoms with Crippen molar-refractivity contribution in [2.24, 2.45) is 0 Å². The number of aryl methyl sites for hydroxylation is 2. The van der Waals surface area contributed by atoms with Gasteiger partial charge in [0, 0.05) is 0 Å². The highest BCUT2D eigenvalue weighted by molar-refractivity contribution is 5.67. The smallest absolute Gasteiger partial charge is 0.126 e. The van der Waals surface area contributed by atoms with Crippen molar-refractivity contribution >= 4 is 5.57 Å². The van der Waals surface area contributed by atoms with E-state index in [-0.39, 0.29) is 0 Å². The predicted octanol–water partition coefficient (Wildman–Crippen LogP) is 5.91. The lowest BCUT2D eigenvalue weighted by Gasteiger charge is -2.11. The normalized spacial score (nSPS) is 11.5. The quantitative estimate of drug-likeness (QED) is 0.597. The zero-order chi connectivity index (χ0) is 15.1. The van der Waals surface area contributed by atoms with Crippen LogP contribution in [0.4, 0.5) is 0 Å². The van der Waals surface area contributed by atoms with Crippen molar-refractivity contribution < 1.29 is 4.74 Å². The molecule has 0 aliphatic carbocycles. The zero-order valence-corrected chi connectivity index (χ0v) is 13.2. The van der Waals surface area contributed by atoms with Crippen molar-refractivity contribution in [1.82, 2.24) is 0 Å². The van der Waals surface area contributed by atoms with Gasteiger partial charge in [0.05, 0.1) is 6.26 Å². The Balaban J connectivity index is 2.23. The van der Waals surface area contributed by atoms with Crippen molar-refractivity contribution in [3.63, 3.8) is 0 Å². The molecule has 0 radical (unpaired) electrons. The van der Waals surface area contributed by atoms with Crippen LogP contribution in [0.15, 0.2) is 54.8 Å². The Morgan fingerprint density at radius 2 is 1.86 bits per heavy atom. The summed E-state index contributed by atoms with van der Waals surface area (Å²) in [5.74, 6) is 0.901. The first-order valence-corrected chi connectivity index (χ1v) is 7.69. The van der Waals surface area contributed by atoms with Gasteiger partial charge in [-0.2, -0.15) is 0 Å². The highest BCUT2D eigenvalue weighted by Crippen LogP contribution is 2.25. The summed E-state index contributed by atoms with van der Waals surface area (Å²) < 4.78 is 5.89. The van der Waals surface area contributed by atoms with Crippen LogP contribution in [0.5, 0.6) is 5.75 Å². The van der Waals surface area contributed by atoms with E-state index in [0.717, 1.165) is 12.2 Å². The van der Waals surface area contributed by atoms with E-state index in [4.69, 9.17) is 4.74 Å². The minimum Gasteiger partial charge on any atom is -0.465 e. The molecule has 110 valence electrons. The van der Waals surface area contributed by atoms with E-state index in [0.29, 0.717) is 0 Å². The van der Waals surface area contributed by atoms with Crippen molar-refractivity contribution in [3.05, 3.63) is 71.5 Å². The van der Waals surface area contributed by atoms with E-state index < -0.39 is 0 Å². The van der Waals surface area contributed by atoms with E-state index >= 15 is 0 Å². The lowest BCUT2D eigenvalue weighted by atomic mass is 9.97. The Morgan fingerprint density at radius 1 is 1.05 bits per heavy atom. The first-order chi connectivity index (χ1) is 10.2. The topological polar surface area (TPSA) is 9.23 Å². The third-order valence-electron chi connectivity index (χ3n) is 3.62. The summed E-state index contributed by atoms with van der Waals surface area (Å²) in [6.07, 6.45) is 5.34. The zero-order valence-electron chi connectivity index (χ0n) is 13.2. The van der Waals surface area contributed by atoms with Crippen LogP contribution in [-0.2, 0) is 0 Å². The summed E-state index contributed by atoms with van der Waals surface area (Å²) in [4.78, 5) is 0. The van der Waals surface area contributed by atoms with E-state index in [1.807, 2.05) is 18.4 Å². The van der Waals surface area contributed by atoms with Crippen molar-refractivity contribution in [1.29, 1.82) is 0 Å². The molecule has 0 aromatic heterocycles. The van der Waals surface area contributed by atoms with Gasteiger partial charge in [-0.15, -0.1) is 0 Å². The van der Waals surface area contributed by atoms with Crippen molar-refractivity contribution in [3.8, 4) is 5.75 Å². The molecule has 0 N–H and O–H groups in total. The fourth-order valence-electron chi connectivity index (χ4n) is 2.39. The van der Waals surface area contributed by atoms with E-state index in [1.165, 1.54) is 35.1 Å². The Kier molecular flexibility index (Phi) is 5.62. The molecule has 0 saturated heterocycles. The molecule has 0 fully saturated rings. The highest BCUT2D eigenvalue weighted by Gasteiger charge is 2.05. The van der Waals surface area contributed by atoms with Crippen molar-refractivity contribution in [2.45, 2.75) is 40.0 Å². The molecule has 1 heteroatoms. The Bertz CT molecular complexity index is 611. The molecule has 21 heavy (non-hydrogen) atoms. The molecule has 0 atom stereocenters. The first-order valence-electron chi connectivity index (χ1n) is 7.69. The van der Waals surface area contributed by atoms with Gasteiger partial charge < -0.3 is 4.74 Å². The Morgan fingerprint density at radius 3 is 2.57 bits per heavy atom. The van der Waals surface area contributed by atoms with Gasteiger partial charge in [-0.3, -0.25) is 0 Å². The number of hydrogen-bond donors (Lipinski definition) is 0. The number of unbranched alkanes of at least 4 members (excludes halogenated alkanes) is 1. The van der Waals surface area contributed by atoms with E-state index in [1.54, 1.807) is 0 Å².